The highest BCUT2D eigenvalue weighted by molar-refractivity contribution is 7.96. The largest absolute Gasteiger partial charge is 0.352 e. The van der Waals surface area contributed by atoms with Gasteiger partial charge in [-0.15, -0.1) is 0 Å². The third-order valence-electron chi connectivity index (χ3n) is 0.576. The maximum atomic E-state index is 4.76. The van der Waals surface area contributed by atoms with Gasteiger partial charge in [0.2, 0.25) is 0 Å². The lowest BCUT2D eigenvalue weighted by molar-refractivity contribution is -0.0355. The molecular formula is C3H9O2PS. The molecule has 0 radical (unpaired) electrons. The minimum atomic E-state index is -0.123. The summed E-state index contributed by atoms with van der Waals surface area (Å²) in [5, 5.41) is 0. The van der Waals surface area contributed by atoms with E-state index in [4.69, 9.17) is 21.3 Å². The molecular weight excluding hydrogens is 131 g/mol. The molecule has 2 nitrogen and oxygen atoms in total. The molecule has 0 rings (SSSR count). The van der Waals surface area contributed by atoms with Crippen molar-refractivity contribution in [2.24, 2.45) is 0 Å². The molecule has 1 unspecified atom stereocenters. The van der Waals surface area contributed by atoms with Crippen molar-refractivity contribution in [3.05, 3.63) is 0 Å². The molecule has 1 atom stereocenters. The molecule has 0 fully saturated rings. The molecule has 0 heterocycles. The van der Waals surface area contributed by atoms with Gasteiger partial charge in [0, 0.05) is 14.2 Å². The van der Waals surface area contributed by atoms with Gasteiger partial charge in [-0.1, -0.05) is 11.8 Å². The smallest absolute Gasteiger partial charge is 0.179 e. The second kappa shape index (κ2) is 4.72. The van der Waals surface area contributed by atoms with Crippen molar-refractivity contribution >= 4 is 19.2 Å². The lowest BCUT2D eigenvalue weighted by atomic mass is 11.3. The molecule has 0 bridgehead atoms. The van der Waals surface area contributed by atoms with Crippen molar-refractivity contribution in [2.45, 2.75) is 6.03 Å². The fourth-order valence-corrected chi connectivity index (χ4v) is 1.10. The molecule has 0 aromatic heterocycles. The first-order valence-electron chi connectivity index (χ1n) is 1.86. The Hall–Kier alpha value is 0.570. The van der Waals surface area contributed by atoms with E-state index in [1.807, 2.05) is 0 Å². The second-order valence-corrected chi connectivity index (χ2v) is 2.61. The molecule has 7 heavy (non-hydrogen) atoms. The van der Waals surface area contributed by atoms with Gasteiger partial charge in [-0.2, -0.15) is 0 Å². The van der Waals surface area contributed by atoms with Gasteiger partial charge in [0.1, 0.15) is 0 Å². The number of rotatable bonds is 3. The lowest BCUT2D eigenvalue weighted by Crippen LogP contribution is -2.02. The fourth-order valence-electron chi connectivity index (χ4n) is 0.207. The van der Waals surface area contributed by atoms with Crippen LogP contribution < -0.4 is 0 Å². The van der Waals surface area contributed by atoms with Gasteiger partial charge in [-0.25, -0.2) is 0 Å². The van der Waals surface area contributed by atoms with Crippen molar-refractivity contribution < 1.29 is 9.47 Å². The number of hydrogen-bond acceptors (Lipinski definition) is 3. The highest BCUT2D eigenvalue weighted by Gasteiger charge is 1.92. The Kier molecular flexibility index (Phi) is 5.11. The molecule has 0 spiro atoms. The molecule has 0 aliphatic carbocycles. The standard InChI is InChI=1S/C3H9O2PS/c1-4-3(5-2)6-7/h3H,6H2,1-2H3. The monoisotopic (exact) mass is 140 g/mol. The highest BCUT2D eigenvalue weighted by Crippen LogP contribution is 2.05. The summed E-state index contributed by atoms with van der Waals surface area (Å²) in [6, 6.07) is -0.116. The third-order valence-corrected chi connectivity index (χ3v) is 2.01. The lowest BCUT2D eigenvalue weighted by Gasteiger charge is -2.04. The molecule has 4 heteroatoms. The van der Waals surface area contributed by atoms with E-state index in [0.29, 0.717) is 0 Å². The van der Waals surface area contributed by atoms with Crippen molar-refractivity contribution in [2.75, 3.05) is 14.2 Å². The average Bonchev–Trinajstić information content (AvgIpc) is 1.72. The summed E-state index contributed by atoms with van der Waals surface area (Å²) in [4.78, 5) is 0. The number of hydrogen-bond donors (Lipinski definition) is 0. The molecule has 44 valence electrons. The molecule has 0 saturated carbocycles. The van der Waals surface area contributed by atoms with E-state index in [0.717, 1.165) is 0 Å². The van der Waals surface area contributed by atoms with Crippen LogP contribution in [0.5, 0.6) is 0 Å². The number of methoxy groups -OCH3 is 2. The van der Waals surface area contributed by atoms with Crippen LogP contribution in [-0.2, 0) is 21.3 Å². The summed E-state index contributed by atoms with van der Waals surface area (Å²) in [6.45, 7) is 0. The highest BCUT2D eigenvalue weighted by atomic mass is 32.4. The summed E-state index contributed by atoms with van der Waals surface area (Å²) < 4.78 is 9.52. The molecule has 0 saturated heterocycles. The second-order valence-electron chi connectivity index (χ2n) is 0.976. The number of ether oxygens (including phenoxy) is 2. The Labute approximate surface area is 49.6 Å². The van der Waals surface area contributed by atoms with Crippen LogP contribution >= 0.6 is 7.36 Å². The summed E-state index contributed by atoms with van der Waals surface area (Å²) >= 11 is 4.71. The van der Waals surface area contributed by atoms with Gasteiger partial charge < -0.3 is 9.47 Å². The first kappa shape index (κ1) is 7.57. The Morgan fingerprint density at radius 2 is 1.86 bits per heavy atom. The third kappa shape index (κ3) is 3.18. The Morgan fingerprint density at radius 1 is 1.43 bits per heavy atom. The predicted molar refractivity (Wildman–Crippen MR) is 34.9 cm³/mol. The van der Waals surface area contributed by atoms with Crippen LogP contribution in [-0.4, -0.2) is 20.3 Å². The van der Waals surface area contributed by atoms with E-state index >= 15 is 0 Å². The maximum Gasteiger partial charge on any atom is 0.179 e. The quantitative estimate of drug-likeness (QED) is 0.418. The van der Waals surface area contributed by atoms with E-state index in [-0.39, 0.29) is 13.4 Å². The summed E-state index contributed by atoms with van der Waals surface area (Å²) in [5.74, 6) is 0. The van der Waals surface area contributed by atoms with Crippen LogP contribution in [0.2, 0.25) is 0 Å². The molecule has 0 aliphatic heterocycles. The molecule has 0 amide bonds. The van der Waals surface area contributed by atoms with Gasteiger partial charge in [-0.3, -0.25) is 0 Å². The Bertz CT molecular complexity index is 54.9. The Morgan fingerprint density at radius 3 is 1.86 bits per heavy atom. The zero-order valence-electron chi connectivity index (χ0n) is 4.38. The summed E-state index contributed by atoms with van der Waals surface area (Å²) in [6.07, 6.45) is 0. The van der Waals surface area contributed by atoms with Crippen molar-refractivity contribution in [1.82, 2.24) is 0 Å². The van der Waals surface area contributed by atoms with Crippen LogP contribution in [0.3, 0.4) is 0 Å². The van der Waals surface area contributed by atoms with Crippen LogP contribution in [0.15, 0.2) is 0 Å². The average molecular weight is 140 g/mol. The zero-order chi connectivity index (χ0) is 5.70. The van der Waals surface area contributed by atoms with E-state index in [9.17, 15) is 0 Å². The van der Waals surface area contributed by atoms with Crippen LogP contribution in [0.4, 0.5) is 0 Å². The minimum absolute atomic E-state index is 0.116. The normalized spacial score (nSPS) is 11.9. The van der Waals surface area contributed by atoms with Gasteiger partial charge in [0.15, 0.2) is 6.03 Å². The van der Waals surface area contributed by atoms with Gasteiger partial charge in [0.05, 0.1) is 0 Å². The molecule has 0 aromatic rings. The molecule has 0 N–H and O–H groups in total. The van der Waals surface area contributed by atoms with E-state index < -0.39 is 0 Å². The predicted octanol–water partition coefficient (Wildman–Crippen LogP) is 0.435. The van der Waals surface area contributed by atoms with Crippen LogP contribution in [0, 0.1) is 0 Å². The van der Waals surface area contributed by atoms with Crippen LogP contribution in [0.25, 0.3) is 0 Å². The van der Waals surface area contributed by atoms with Gasteiger partial charge in [0.25, 0.3) is 0 Å². The van der Waals surface area contributed by atoms with Gasteiger partial charge in [-0.05, 0) is 7.36 Å². The minimum Gasteiger partial charge on any atom is -0.352 e. The molecule has 0 aromatic carbocycles. The summed E-state index contributed by atoms with van der Waals surface area (Å²) in [7, 11) is 3.06. The fraction of sp³-hybridized carbons (Fsp3) is 1.00. The van der Waals surface area contributed by atoms with Gasteiger partial charge >= 0.3 is 0 Å². The topological polar surface area (TPSA) is 18.5 Å². The first-order valence-corrected chi connectivity index (χ1v) is 4.41. The molecule has 0 aliphatic rings. The van der Waals surface area contributed by atoms with E-state index in [1.54, 1.807) is 14.2 Å². The van der Waals surface area contributed by atoms with Crippen molar-refractivity contribution in [1.29, 1.82) is 0 Å². The first-order chi connectivity index (χ1) is 3.35. The van der Waals surface area contributed by atoms with Crippen molar-refractivity contribution in [3.8, 4) is 0 Å². The van der Waals surface area contributed by atoms with E-state index in [1.165, 1.54) is 0 Å². The SMILES string of the molecule is COC(OC)[PH2]=S. The zero-order valence-corrected chi connectivity index (χ0v) is 6.35. The maximum absolute atomic E-state index is 4.76. The van der Waals surface area contributed by atoms with Crippen LogP contribution in [0.1, 0.15) is 0 Å². The summed E-state index contributed by atoms with van der Waals surface area (Å²) in [5.41, 5.74) is 0. The van der Waals surface area contributed by atoms with Crippen molar-refractivity contribution in [3.63, 3.8) is 0 Å². The van der Waals surface area contributed by atoms with E-state index in [2.05, 4.69) is 0 Å². The Balaban J connectivity index is 3.16.